The van der Waals surface area contributed by atoms with Gasteiger partial charge in [-0.2, -0.15) is 0 Å². The first-order valence-corrected chi connectivity index (χ1v) is 8.47. The molecule has 118 valence electrons. The Morgan fingerprint density at radius 1 is 1.33 bits per heavy atom. The van der Waals surface area contributed by atoms with Crippen molar-refractivity contribution in [1.82, 2.24) is 5.32 Å². The minimum absolute atomic E-state index is 0.115. The lowest BCUT2D eigenvalue weighted by Crippen LogP contribution is -2.48. The van der Waals surface area contributed by atoms with E-state index in [1.54, 1.807) is 0 Å². The maximum atomic E-state index is 5.75. The second kappa shape index (κ2) is 6.67. The van der Waals surface area contributed by atoms with Gasteiger partial charge in [0.15, 0.2) is 0 Å². The van der Waals surface area contributed by atoms with Gasteiger partial charge in [0, 0.05) is 34.8 Å². The monoisotopic (exact) mass is 354 g/mol. The summed E-state index contributed by atoms with van der Waals surface area (Å²) in [5, 5.41) is 3.59. The Hall–Kier alpha value is -0.580. The van der Waals surface area contributed by atoms with Gasteiger partial charge >= 0.3 is 0 Å². The van der Waals surface area contributed by atoms with Crippen LogP contribution in [0, 0.1) is 0 Å². The summed E-state index contributed by atoms with van der Waals surface area (Å²) >= 11 is 3.60. The molecule has 4 heteroatoms. The van der Waals surface area contributed by atoms with Crippen LogP contribution in [0.1, 0.15) is 40.2 Å². The predicted molar refractivity (Wildman–Crippen MR) is 93.0 cm³/mol. The normalized spacial score (nSPS) is 23.4. The molecule has 21 heavy (non-hydrogen) atoms. The summed E-state index contributed by atoms with van der Waals surface area (Å²) in [5.74, 6) is 0. The fourth-order valence-electron chi connectivity index (χ4n) is 2.58. The highest BCUT2D eigenvalue weighted by molar-refractivity contribution is 9.10. The Balaban J connectivity index is 2.25. The van der Waals surface area contributed by atoms with Gasteiger partial charge in [0.25, 0.3) is 0 Å². The topological polar surface area (TPSA) is 24.5 Å². The van der Waals surface area contributed by atoms with Crippen LogP contribution in [0.15, 0.2) is 22.7 Å². The zero-order chi connectivity index (χ0) is 15.6. The van der Waals surface area contributed by atoms with Crippen molar-refractivity contribution in [2.45, 2.75) is 58.8 Å². The smallest absolute Gasteiger partial charge is 0.0723 e. The van der Waals surface area contributed by atoms with Crippen molar-refractivity contribution in [3.63, 3.8) is 0 Å². The molecule has 1 aromatic carbocycles. The first kappa shape index (κ1) is 16.8. The van der Waals surface area contributed by atoms with Crippen molar-refractivity contribution in [3.8, 4) is 0 Å². The van der Waals surface area contributed by atoms with Crippen molar-refractivity contribution < 1.29 is 4.74 Å². The minimum Gasteiger partial charge on any atom is -0.375 e. The molecular weight excluding hydrogens is 328 g/mol. The number of hydrogen-bond acceptors (Lipinski definition) is 3. The fourth-order valence-corrected chi connectivity index (χ4v) is 2.98. The molecule has 1 aromatic rings. The number of halogens is 1. The quantitative estimate of drug-likeness (QED) is 0.889. The number of ether oxygens (including phenoxy) is 1. The van der Waals surface area contributed by atoms with Crippen LogP contribution >= 0.6 is 15.9 Å². The number of nitrogens with one attached hydrogen (secondary N) is 1. The third-order valence-electron chi connectivity index (χ3n) is 3.77. The molecule has 2 rings (SSSR count). The number of anilines is 1. The third-order valence-corrected chi connectivity index (χ3v) is 4.26. The van der Waals surface area contributed by atoms with Crippen molar-refractivity contribution >= 4 is 21.6 Å². The Bertz CT molecular complexity index is 484. The molecule has 0 aliphatic carbocycles. The van der Waals surface area contributed by atoms with Crippen LogP contribution in [-0.4, -0.2) is 30.8 Å². The van der Waals surface area contributed by atoms with E-state index in [0.717, 1.165) is 24.2 Å². The second-order valence-electron chi connectivity index (χ2n) is 7.02. The second-order valence-corrected chi connectivity index (χ2v) is 7.94. The minimum atomic E-state index is 0.115. The molecule has 3 nitrogen and oxygen atoms in total. The summed E-state index contributed by atoms with van der Waals surface area (Å²) in [7, 11) is 0. The van der Waals surface area contributed by atoms with Gasteiger partial charge in [-0.3, -0.25) is 0 Å². The highest BCUT2D eigenvalue weighted by Crippen LogP contribution is 2.29. The highest BCUT2D eigenvalue weighted by Gasteiger charge is 2.25. The predicted octanol–water partition coefficient (Wildman–Crippen LogP) is 3.95. The van der Waals surface area contributed by atoms with Crippen LogP contribution in [0.2, 0.25) is 0 Å². The summed E-state index contributed by atoms with van der Waals surface area (Å²) in [4.78, 5) is 2.47. The van der Waals surface area contributed by atoms with Gasteiger partial charge < -0.3 is 15.0 Å². The number of hydrogen-bond donors (Lipinski definition) is 1. The zero-order valence-corrected chi connectivity index (χ0v) is 15.3. The molecule has 1 fully saturated rings. The van der Waals surface area contributed by atoms with E-state index >= 15 is 0 Å². The molecule has 0 aromatic heterocycles. The Morgan fingerprint density at radius 2 is 2.05 bits per heavy atom. The molecule has 1 saturated heterocycles. The number of rotatable bonds is 3. The molecule has 1 aliphatic rings. The van der Waals surface area contributed by atoms with Gasteiger partial charge in [-0.05, 0) is 58.4 Å². The van der Waals surface area contributed by atoms with E-state index in [1.165, 1.54) is 11.3 Å². The number of benzene rings is 1. The summed E-state index contributed by atoms with van der Waals surface area (Å²) in [6.07, 6.45) is 0.285. The Kier molecular flexibility index (Phi) is 5.33. The van der Waals surface area contributed by atoms with Gasteiger partial charge in [-0.1, -0.05) is 15.9 Å². The lowest BCUT2D eigenvalue weighted by Gasteiger charge is -2.39. The Morgan fingerprint density at radius 3 is 2.71 bits per heavy atom. The molecule has 1 heterocycles. The van der Waals surface area contributed by atoms with E-state index in [-0.39, 0.29) is 11.6 Å². The average molecular weight is 355 g/mol. The van der Waals surface area contributed by atoms with Crippen molar-refractivity contribution in [1.29, 1.82) is 0 Å². The van der Waals surface area contributed by atoms with Crippen LogP contribution in [0.25, 0.3) is 0 Å². The molecular formula is C17H27BrN2O. The standard InChI is InChI=1S/C17H27BrN2O/c1-12-11-21-13(2)10-20(12)16-7-6-15(18)8-14(16)9-19-17(3,4)5/h6-8,12-13,19H,9-11H2,1-5H3. The van der Waals surface area contributed by atoms with Gasteiger partial charge in [-0.25, -0.2) is 0 Å². The summed E-state index contributed by atoms with van der Waals surface area (Å²) in [6, 6.07) is 6.98. The van der Waals surface area contributed by atoms with Crippen LogP contribution in [0.5, 0.6) is 0 Å². The Labute approximate surface area is 137 Å². The van der Waals surface area contributed by atoms with E-state index < -0.39 is 0 Å². The van der Waals surface area contributed by atoms with Gasteiger partial charge in [-0.15, -0.1) is 0 Å². The largest absolute Gasteiger partial charge is 0.375 e. The molecule has 0 saturated carbocycles. The molecule has 1 aliphatic heterocycles. The van der Waals surface area contributed by atoms with Crippen LogP contribution < -0.4 is 10.2 Å². The summed E-state index contributed by atoms with van der Waals surface area (Å²) < 4.78 is 6.88. The van der Waals surface area contributed by atoms with E-state index in [0.29, 0.717) is 6.04 Å². The molecule has 0 bridgehead atoms. The van der Waals surface area contributed by atoms with E-state index in [4.69, 9.17) is 4.74 Å². The lowest BCUT2D eigenvalue weighted by molar-refractivity contribution is 0.0343. The van der Waals surface area contributed by atoms with Gasteiger partial charge in [0.2, 0.25) is 0 Å². The van der Waals surface area contributed by atoms with E-state index in [1.807, 2.05) is 0 Å². The van der Waals surface area contributed by atoms with E-state index in [2.05, 4.69) is 79.0 Å². The molecule has 2 atom stereocenters. The van der Waals surface area contributed by atoms with Gasteiger partial charge in [0.1, 0.15) is 0 Å². The number of nitrogens with zero attached hydrogens (tertiary/aromatic N) is 1. The molecule has 1 N–H and O–H groups in total. The summed E-state index contributed by atoms with van der Waals surface area (Å²) in [6.45, 7) is 13.6. The SMILES string of the molecule is CC1CN(c2ccc(Br)cc2CNC(C)(C)C)C(C)CO1. The molecule has 0 radical (unpaired) electrons. The van der Waals surface area contributed by atoms with Crippen LogP contribution in [0.4, 0.5) is 5.69 Å². The van der Waals surface area contributed by atoms with Crippen molar-refractivity contribution in [2.24, 2.45) is 0 Å². The van der Waals surface area contributed by atoms with Crippen molar-refractivity contribution in [2.75, 3.05) is 18.1 Å². The van der Waals surface area contributed by atoms with Crippen molar-refractivity contribution in [3.05, 3.63) is 28.2 Å². The molecule has 2 unspecified atom stereocenters. The third kappa shape index (κ3) is 4.70. The fraction of sp³-hybridized carbons (Fsp3) is 0.647. The average Bonchev–Trinajstić information content (AvgIpc) is 2.39. The first-order valence-electron chi connectivity index (χ1n) is 7.68. The van der Waals surface area contributed by atoms with E-state index in [9.17, 15) is 0 Å². The van der Waals surface area contributed by atoms with Crippen LogP contribution in [-0.2, 0) is 11.3 Å². The van der Waals surface area contributed by atoms with Crippen LogP contribution in [0.3, 0.4) is 0 Å². The lowest BCUT2D eigenvalue weighted by atomic mass is 10.1. The first-order chi connectivity index (χ1) is 9.76. The molecule has 0 amide bonds. The summed E-state index contributed by atoms with van der Waals surface area (Å²) in [5.41, 5.74) is 2.77. The van der Waals surface area contributed by atoms with Gasteiger partial charge in [0.05, 0.1) is 12.7 Å². The highest BCUT2D eigenvalue weighted by atomic mass is 79.9. The maximum Gasteiger partial charge on any atom is 0.0723 e. The maximum absolute atomic E-state index is 5.75. The number of morpholine rings is 1. The molecule has 0 spiro atoms. The zero-order valence-electron chi connectivity index (χ0n) is 13.7.